The van der Waals surface area contributed by atoms with E-state index >= 15 is 0 Å². The third-order valence-corrected chi connectivity index (χ3v) is 2.71. The summed E-state index contributed by atoms with van der Waals surface area (Å²) >= 11 is 0. The van der Waals surface area contributed by atoms with E-state index in [1.165, 1.54) is 5.56 Å². The van der Waals surface area contributed by atoms with E-state index < -0.39 is 0 Å². The highest BCUT2D eigenvalue weighted by atomic mass is 16.1. The quantitative estimate of drug-likeness (QED) is 0.808. The van der Waals surface area contributed by atoms with Crippen molar-refractivity contribution < 1.29 is 4.79 Å². The van der Waals surface area contributed by atoms with Gasteiger partial charge in [0.25, 0.3) is 0 Å². The molecule has 4 heteroatoms. The van der Waals surface area contributed by atoms with Crippen molar-refractivity contribution in [1.82, 2.24) is 4.90 Å². The van der Waals surface area contributed by atoms with Crippen LogP contribution in [0.15, 0.2) is 24.3 Å². The van der Waals surface area contributed by atoms with E-state index in [1.54, 1.807) is 0 Å². The Hall–Kier alpha value is -1.39. The number of carbonyl (C=O) groups is 1. The average Bonchev–Trinajstić information content (AvgIpc) is 2.30. The third-order valence-electron chi connectivity index (χ3n) is 2.71. The first-order valence-electron chi connectivity index (χ1n) is 6.30. The van der Waals surface area contributed by atoms with Gasteiger partial charge in [-0.2, -0.15) is 0 Å². The van der Waals surface area contributed by atoms with E-state index in [-0.39, 0.29) is 11.9 Å². The number of nitrogens with zero attached hydrogens (tertiary/aromatic N) is 1. The van der Waals surface area contributed by atoms with Crippen molar-refractivity contribution in [1.29, 1.82) is 0 Å². The van der Waals surface area contributed by atoms with Crippen molar-refractivity contribution in [3.63, 3.8) is 0 Å². The fourth-order valence-corrected chi connectivity index (χ4v) is 1.65. The Labute approximate surface area is 109 Å². The summed E-state index contributed by atoms with van der Waals surface area (Å²) < 4.78 is 0. The molecule has 4 nitrogen and oxygen atoms in total. The zero-order valence-corrected chi connectivity index (χ0v) is 11.4. The molecule has 1 unspecified atom stereocenters. The van der Waals surface area contributed by atoms with Crippen molar-refractivity contribution in [3.8, 4) is 0 Å². The van der Waals surface area contributed by atoms with Crippen LogP contribution >= 0.6 is 0 Å². The molecule has 0 saturated carbocycles. The number of rotatable bonds is 6. The van der Waals surface area contributed by atoms with E-state index in [9.17, 15) is 4.79 Å². The standard InChI is InChI=1S/C14H23N3O/c1-4-12(15)9-14(18)16-13-7-5-11(6-8-13)10-17(2)3/h5-8,12H,4,9-10,15H2,1-3H3,(H,16,18). The molecule has 0 radical (unpaired) electrons. The lowest BCUT2D eigenvalue weighted by atomic mass is 10.1. The topological polar surface area (TPSA) is 58.4 Å². The molecule has 18 heavy (non-hydrogen) atoms. The number of hydrogen-bond donors (Lipinski definition) is 2. The zero-order valence-electron chi connectivity index (χ0n) is 11.4. The molecule has 0 aromatic heterocycles. The Morgan fingerprint density at radius 2 is 1.94 bits per heavy atom. The van der Waals surface area contributed by atoms with Gasteiger partial charge >= 0.3 is 0 Å². The lowest BCUT2D eigenvalue weighted by molar-refractivity contribution is -0.116. The largest absolute Gasteiger partial charge is 0.327 e. The first-order valence-corrected chi connectivity index (χ1v) is 6.30. The van der Waals surface area contributed by atoms with E-state index in [4.69, 9.17) is 5.73 Å². The molecule has 0 saturated heterocycles. The van der Waals surface area contributed by atoms with Gasteiger partial charge in [0.2, 0.25) is 5.91 Å². The van der Waals surface area contributed by atoms with Gasteiger partial charge in [-0.25, -0.2) is 0 Å². The molecule has 3 N–H and O–H groups in total. The number of nitrogens with two attached hydrogens (primary N) is 1. The highest BCUT2D eigenvalue weighted by Crippen LogP contribution is 2.11. The lowest BCUT2D eigenvalue weighted by Gasteiger charge is -2.11. The zero-order chi connectivity index (χ0) is 13.5. The lowest BCUT2D eigenvalue weighted by Crippen LogP contribution is -2.26. The molecular formula is C14H23N3O. The summed E-state index contributed by atoms with van der Waals surface area (Å²) in [6.07, 6.45) is 1.19. The van der Waals surface area contributed by atoms with Crippen molar-refractivity contribution in [2.45, 2.75) is 32.4 Å². The van der Waals surface area contributed by atoms with Crippen molar-refractivity contribution in [2.75, 3.05) is 19.4 Å². The fraction of sp³-hybridized carbons (Fsp3) is 0.500. The van der Waals surface area contributed by atoms with Gasteiger partial charge in [0.15, 0.2) is 0 Å². The number of nitrogens with one attached hydrogen (secondary N) is 1. The molecule has 0 aliphatic heterocycles. The number of carbonyl (C=O) groups excluding carboxylic acids is 1. The minimum atomic E-state index is -0.0574. The SMILES string of the molecule is CCC(N)CC(=O)Nc1ccc(CN(C)C)cc1. The van der Waals surface area contributed by atoms with Crippen LogP contribution in [-0.2, 0) is 11.3 Å². The summed E-state index contributed by atoms with van der Waals surface area (Å²) in [4.78, 5) is 13.8. The number of anilines is 1. The first-order chi connectivity index (χ1) is 8.51. The van der Waals surface area contributed by atoms with Gasteiger partial charge in [0.1, 0.15) is 0 Å². The van der Waals surface area contributed by atoms with Crippen LogP contribution in [0.5, 0.6) is 0 Å². The molecule has 0 bridgehead atoms. The summed E-state index contributed by atoms with van der Waals surface area (Å²) in [7, 11) is 4.06. The van der Waals surface area contributed by atoms with Gasteiger partial charge in [0, 0.05) is 24.7 Å². The van der Waals surface area contributed by atoms with Crippen LogP contribution in [0.3, 0.4) is 0 Å². The summed E-state index contributed by atoms with van der Waals surface area (Å²) in [5.41, 5.74) is 7.79. The Bertz CT molecular complexity index is 373. The highest BCUT2D eigenvalue weighted by molar-refractivity contribution is 5.91. The summed E-state index contributed by atoms with van der Waals surface area (Å²) in [5, 5.41) is 2.86. The Balaban J connectivity index is 2.50. The highest BCUT2D eigenvalue weighted by Gasteiger charge is 2.07. The minimum Gasteiger partial charge on any atom is -0.327 e. The maximum absolute atomic E-state index is 11.6. The normalized spacial score (nSPS) is 12.5. The number of hydrogen-bond acceptors (Lipinski definition) is 3. The van der Waals surface area contributed by atoms with Gasteiger partial charge in [0.05, 0.1) is 0 Å². The molecule has 0 aliphatic carbocycles. The molecule has 1 atom stereocenters. The van der Waals surface area contributed by atoms with Gasteiger partial charge in [-0.15, -0.1) is 0 Å². The monoisotopic (exact) mass is 249 g/mol. The molecule has 0 heterocycles. The molecule has 100 valence electrons. The molecule has 1 aromatic carbocycles. The van der Waals surface area contributed by atoms with Crippen molar-refractivity contribution >= 4 is 11.6 Å². The molecule has 1 rings (SSSR count). The third kappa shape index (κ3) is 5.29. The second-order valence-electron chi connectivity index (χ2n) is 4.86. The average molecular weight is 249 g/mol. The predicted molar refractivity (Wildman–Crippen MR) is 75.3 cm³/mol. The predicted octanol–water partition coefficient (Wildman–Crippen LogP) is 1.81. The maximum atomic E-state index is 11.6. The van der Waals surface area contributed by atoms with Gasteiger partial charge in [-0.3, -0.25) is 4.79 Å². The van der Waals surface area contributed by atoms with Gasteiger partial charge in [-0.05, 0) is 38.2 Å². The summed E-state index contributed by atoms with van der Waals surface area (Å²) in [6, 6.07) is 7.84. The fourth-order valence-electron chi connectivity index (χ4n) is 1.65. The second kappa shape index (κ2) is 7.13. The Morgan fingerprint density at radius 3 is 2.44 bits per heavy atom. The molecule has 1 amide bonds. The van der Waals surface area contributed by atoms with E-state index in [0.29, 0.717) is 6.42 Å². The summed E-state index contributed by atoms with van der Waals surface area (Å²) in [6.45, 7) is 2.88. The van der Waals surface area contributed by atoms with Crippen LogP contribution in [0.25, 0.3) is 0 Å². The van der Waals surface area contributed by atoms with Crippen LogP contribution in [-0.4, -0.2) is 30.9 Å². The van der Waals surface area contributed by atoms with Crippen LogP contribution in [0.1, 0.15) is 25.3 Å². The first kappa shape index (κ1) is 14.7. The van der Waals surface area contributed by atoms with Crippen LogP contribution < -0.4 is 11.1 Å². The van der Waals surface area contributed by atoms with Crippen molar-refractivity contribution in [3.05, 3.63) is 29.8 Å². The maximum Gasteiger partial charge on any atom is 0.225 e. The van der Waals surface area contributed by atoms with Gasteiger partial charge in [-0.1, -0.05) is 19.1 Å². The Kier molecular flexibility index (Phi) is 5.82. The second-order valence-corrected chi connectivity index (χ2v) is 4.86. The number of amides is 1. The van der Waals surface area contributed by atoms with Gasteiger partial charge < -0.3 is 16.0 Å². The molecular weight excluding hydrogens is 226 g/mol. The van der Waals surface area contributed by atoms with Crippen molar-refractivity contribution in [2.24, 2.45) is 5.73 Å². The molecule has 1 aromatic rings. The Morgan fingerprint density at radius 1 is 1.33 bits per heavy atom. The summed E-state index contributed by atoms with van der Waals surface area (Å²) in [5.74, 6) is -0.0234. The van der Waals surface area contributed by atoms with Crippen LogP contribution in [0, 0.1) is 0 Å². The van der Waals surface area contributed by atoms with E-state index in [2.05, 4.69) is 10.2 Å². The smallest absolute Gasteiger partial charge is 0.225 e. The molecule has 0 fully saturated rings. The van der Waals surface area contributed by atoms with Crippen LogP contribution in [0.2, 0.25) is 0 Å². The van der Waals surface area contributed by atoms with E-state index in [1.807, 2.05) is 45.3 Å². The number of benzene rings is 1. The minimum absolute atomic E-state index is 0.0234. The molecule has 0 spiro atoms. The van der Waals surface area contributed by atoms with E-state index in [0.717, 1.165) is 18.7 Å². The molecule has 0 aliphatic rings. The van der Waals surface area contributed by atoms with Crippen LogP contribution in [0.4, 0.5) is 5.69 Å².